The summed E-state index contributed by atoms with van der Waals surface area (Å²) in [7, 11) is -2.83. The zero-order chi connectivity index (χ0) is 16.5. The summed E-state index contributed by atoms with van der Waals surface area (Å²) in [6.45, 7) is 21.0. The topological polar surface area (TPSA) is 32.8 Å². The van der Waals surface area contributed by atoms with E-state index >= 15 is 0 Å². The lowest BCUT2D eigenvalue weighted by atomic mass is 9.99. The smallest absolute Gasteiger partial charge is 0.277 e. The van der Waals surface area contributed by atoms with Gasteiger partial charge in [0.2, 0.25) is 0 Å². The van der Waals surface area contributed by atoms with Gasteiger partial charge in [-0.1, -0.05) is 35.6 Å². The van der Waals surface area contributed by atoms with Gasteiger partial charge < -0.3 is 4.52 Å². The van der Waals surface area contributed by atoms with Gasteiger partial charge in [0.25, 0.3) is 7.52 Å². The van der Waals surface area contributed by atoms with Crippen molar-refractivity contribution in [3.05, 3.63) is 0 Å². The normalized spacial score (nSPS) is 20.6. The minimum Gasteiger partial charge on any atom is -0.316 e. The molecule has 0 amide bonds. The molecule has 1 saturated heterocycles. The Morgan fingerprint density at radius 2 is 1.39 bits per heavy atom. The third-order valence-corrected chi connectivity index (χ3v) is 7.23. The van der Waals surface area contributed by atoms with E-state index in [1.807, 2.05) is 20.8 Å². The van der Waals surface area contributed by atoms with Crippen molar-refractivity contribution in [3.8, 4) is 0 Å². The Morgan fingerprint density at radius 3 is 1.70 bits per heavy atom. The van der Waals surface area contributed by atoms with Crippen LogP contribution in [0.1, 0.15) is 70.2 Å². The van der Waals surface area contributed by atoms with Crippen LogP contribution < -0.4 is 0 Å². The molecule has 0 aromatic heterocycles. The van der Waals surface area contributed by atoms with Gasteiger partial charge in [-0.25, -0.2) is 4.67 Å². The number of piperazine rings is 1. The molecule has 1 atom stereocenters. The Balaban J connectivity index is 0. The largest absolute Gasteiger partial charge is 0.316 e. The first-order valence-electron chi connectivity index (χ1n) is 8.11. The molecular formula is C18H43N2O2P. The second kappa shape index (κ2) is 8.99. The van der Waals surface area contributed by atoms with Gasteiger partial charge in [-0.2, -0.15) is 0 Å². The number of hydrogen-bond acceptors (Lipinski definition) is 3. The summed E-state index contributed by atoms with van der Waals surface area (Å²) in [6.07, 6.45) is 0. The number of hydrogen-bond donors (Lipinski definition) is 0. The van der Waals surface area contributed by atoms with Crippen LogP contribution in [-0.4, -0.2) is 53.6 Å². The fraction of sp³-hybridized carbons (Fsp3) is 1.00. The van der Waals surface area contributed by atoms with E-state index in [0.717, 1.165) is 26.2 Å². The number of nitrogens with zero attached hydrogens (tertiary/aromatic N) is 2. The first-order chi connectivity index (χ1) is 9.37. The molecule has 0 bridgehead atoms. The van der Waals surface area contributed by atoms with Crippen LogP contribution >= 0.6 is 7.52 Å². The molecule has 0 spiro atoms. The Kier molecular flexibility index (Phi) is 9.91. The summed E-state index contributed by atoms with van der Waals surface area (Å²) in [5, 5.41) is -0.349. The highest BCUT2D eigenvalue weighted by Crippen LogP contribution is 2.62. The average molecular weight is 351 g/mol. The molecule has 0 aromatic carbocycles. The Morgan fingerprint density at radius 1 is 0.957 bits per heavy atom. The SMILES string of the molecule is C.C.CC(C)N1CCN(P(=O)(OCC(C)(C)C)C(C)(C)C)CC1. The maximum absolute atomic E-state index is 13.6. The first kappa shape index (κ1) is 25.4. The lowest BCUT2D eigenvalue weighted by Crippen LogP contribution is -2.49. The Labute approximate surface area is 146 Å². The molecular weight excluding hydrogens is 307 g/mol. The minimum atomic E-state index is -2.83. The molecule has 0 N–H and O–H groups in total. The van der Waals surface area contributed by atoms with Gasteiger partial charge in [0, 0.05) is 32.2 Å². The van der Waals surface area contributed by atoms with Gasteiger partial charge in [0.15, 0.2) is 0 Å². The molecule has 1 rings (SSSR count). The zero-order valence-electron chi connectivity index (χ0n) is 15.3. The highest BCUT2D eigenvalue weighted by atomic mass is 31.2. The standard InChI is InChI=1S/C16H35N2O2P.2CH4/c1-14(2)17-9-11-18(12-10-17)21(19,16(6,7)8)20-13-15(3,4)5;;/h14H,9-13H2,1-8H3;2*1H4. The van der Waals surface area contributed by atoms with E-state index in [-0.39, 0.29) is 25.4 Å². The highest BCUT2D eigenvalue weighted by Gasteiger charge is 2.45. The van der Waals surface area contributed by atoms with Crippen LogP contribution in [0.25, 0.3) is 0 Å². The predicted octanol–water partition coefficient (Wildman–Crippen LogP) is 5.34. The van der Waals surface area contributed by atoms with Gasteiger partial charge in [-0.3, -0.25) is 9.46 Å². The molecule has 1 aliphatic heterocycles. The summed E-state index contributed by atoms with van der Waals surface area (Å²) >= 11 is 0. The van der Waals surface area contributed by atoms with Crippen LogP contribution in [-0.2, 0) is 9.09 Å². The van der Waals surface area contributed by atoms with Crippen molar-refractivity contribution in [3.63, 3.8) is 0 Å². The summed E-state index contributed by atoms with van der Waals surface area (Å²) in [4.78, 5) is 2.44. The van der Waals surface area contributed by atoms with Crippen LogP contribution in [0.4, 0.5) is 0 Å². The molecule has 23 heavy (non-hydrogen) atoms. The van der Waals surface area contributed by atoms with Crippen molar-refractivity contribution in [1.82, 2.24) is 9.57 Å². The predicted molar refractivity (Wildman–Crippen MR) is 105 cm³/mol. The van der Waals surface area contributed by atoms with E-state index in [4.69, 9.17) is 4.52 Å². The summed E-state index contributed by atoms with van der Waals surface area (Å²) in [5.41, 5.74) is 0.0284. The highest BCUT2D eigenvalue weighted by molar-refractivity contribution is 7.58. The Hall–Kier alpha value is 0.110. The molecule has 0 aromatic rings. The van der Waals surface area contributed by atoms with Crippen LogP contribution in [0, 0.1) is 5.41 Å². The third kappa shape index (κ3) is 6.86. The minimum absolute atomic E-state index is 0. The van der Waals surface area contributed by atoms with Gasteiger partial charge in [-0.15, -0.1) is 0 Å². The van der Waals surface area contributed by atoms with E-state index in [1.165, 1.54) is 0 Å². The second-order valence-corrected chi connectivity index (χ2v) is 11.8. The van der Waals surface area contributed by atoms with Gasteiger partial charge >= 0.3 is 0 Å². The van der Waals surface area contributed by atoms with Crippen molar-refractivity contribution in [2.45, 2.75) is 81.4 Å². The maximum atomic E-state index is 13.6. The molecule has 1 unspecified atom stereocenters. The van der Waals surface area contributed by atoms with Gasteiger partial charge in [0.1, 0.15) is 0 Å². The van der Waals surface area contributed by atoms with E-state index in [2.05, 4.69) is 44.2 Å². The van der Waals surface area contributed by atoms with Crippen molar-refractivity contribution < 1.29 is 9.09 Å². The lowest BCUT2D eigenvalue weighted by Gasteiger charge is -2.44. The average Bonchev–Trinajstić information content (AvgIpc) is 2.33. The van der Waals surface area contributed by atoms with E-state index in [0.29, 0.717) is 12.6 Å². The van der Waals surface area contributed by atoms with Crippen LogP contribution in [0.15, 0.2) is 0 Å². The zero-order valence-corrected chi connectivity index (χ0v) is 16.2. The maximum Gasteiger partial charge on any atom is 0.277 e. The summed E-state index contributed by atoms with van der Waals surface area (Å²) < 4.78 is 21.8. The van der Waals surface area contributed by atoms with E-state index in [1.54, 1.807) is 0 Å². The van der Waals surface area contributed by atoms with Crippen LogP contribution in [0.2, 0.25) is 0 Å². The van der Waals surface area contributed by atoms with E-state index < -0.39 is 7.52 Å². The van der Waals surface area contributed by atoms with Crippen LogP contribution in [0.3, 0.4) is 0 Å². The quantitative estimate of drug-likeness (QED) is 0.641. The monoisotopic (exact) mass is 350 g/mol. The van der Waals surface area contributed by atoms with Crippen molar-refractivity contribution in [1.29, 1.82) is 0 Å². The summed E-state index contributed by atoms with van der Waals surface area (Å²) in [6, 6.07) is 0.552. The number of rotatable bonds is 4. The molecule has 1 heterocycles. The molecule has 0 aliphatic carbocycles. The lowest BCUT2D eigenvalue weighted by molar-refractivity contribution is 0.121. The third-order valence-electron chi connectivity index (χ3n) is 3.91. The van der Waals surface area contributed by atoms with E-state index in [9.17, 15) is 4.57 Å². The van der Waals surface area contributed by atoms with Crippen molar-refractivity contribution in [2.75, 3.05) is 32.8 Å². The molecule has 5 heteroatoms. The van der Waals surface area contributed by atoms with Gasteiger partial charge in [-0.05, 0) is 40.0 Å². The Bertz CT molecular complexity index is 375. The molecule has 1 fully saturated rings. The fourth-order valence-corrected chi connectivity index (χ4v) is 5.14. The molecule has 0 saturated carbocycles. The second-order valence-electron chi connectivity index (χ2n) is 8.61. The molecule has 4 nitrogen and oxygen atoms in total. The fourth-order valence-electron chi connectivity index (χ4n) is 2.47. The van der Waals surface area contributed by atoms with Crippen molar-refractivity contribution in [2.24, 2.45) is 5.41 Å². The molecule has 142 valence electrons. The van der Waals surface area contributed by atoms with Crippen molar-refractivity contribution >= 4 is 7.52 Å². The summed E-state index contributed by atoms with van der Waals surface area (Å²) in [5.74, 6) is 0. The molecule has 1 aliphatic rings. The molecule has 0 radical (unpaired) electrons. The van der Waals surface area contributed by atoms with Gasteiger partial charge in [0.05, 0.1) is 11.8 Å². The first-order valence-corrected chi connectivity index (χ1v) is 9.69. The van der Waals surface area contributed by atoms with Crippen LogP contribution in [0.5, 0.6) is 0 Å².